The van der Waals surface area contributed by atoms with Gasteiger partial charge in [0.1, 0.15) is 0 Å². The van der Waals surface area contributed by atoms with Crippen LogP contribution >= 0.6 is 23.2 Å². The summed E-state index contributed by atoms with van der Waals surface area (Å²) in [5, 5.41) is 14.5. The Balaban J connectivity index is 2.18. The van der Waals surface area contributed by atoms with Gasteiger partial charge < -0.3 is 14.8 Å². The maximum Gasteiger partial charge on any atom is 0.338 e. The highest BCUT2D eigenvalue weighted by Crippen LogP contribution is 2.29. The molecule has 142 valence electrons. The van der Waals surface area contributed by atoms with Gasteiger partial charge in [0.2, 0.25) is 0 Å². The molecule has 2 rings (SSSR count). The average Bonchev–Trinajstić information content (AvgIpc) is 2.60. The van der Waals surface area contributed by atoms with Crippen molar-refractivity contribution in [3.63, 3.8) is 0 Å². The van der Waals surface area contributed by atoms with Crippen LogP contribution in [0.25, 0.3) is 0 Å². The van der Waals surface area contributed by atoms with Gasteiger partial charge in [0.25, 0.3) is 5.91 Å². The number of halogens is 2. The van der Waals surface area contributed by atoms with E-state index in [1.165, 1.54) is 37.3 Å². The molecule has 0 heterocycles. The zero-order valence-corrected chi connectivity index (χ0v) is 15.7. The van der Waals surface area contributed by atoms with Crippen LogP contribution in [0.2, 0.25) is 10.0 Å². The van der Waals surface area contributed by atoms with Crippen LogP contribution in [0.4, 0.5) is 11.4 Å². The van der Waals surface area contributed by atoms with E-state index in [1.807, 2.05) is 0 Å². The van der Waals surface area contributed by atoms with Crippen LogP contribution < -0.4 is 10.1 Å². The Bertz CT molecular complexity index is 883. The van der Waals surface area contributed by atoms with E-state index >= 15 is 0 Å². The predicted octanol–water partition coefficient (Wildman–Crippen LogP) is 4.09. The van der Waals surface area contributed by atoms with Gasteiger partial charge in [-0.05, 0) is 37.3 Å². The van der Waals surface area contributed by atoms with Gasteiger partial charge in [0.15, 0.2) is 11.9 Å². The summed E-state index contributed by atoms with van der Waals surface area (Å²) in [6.07, 6.45) is -1.08. The van der Waals surface area contributed by atoms with E-state index in [2.05, 4.69) is 10.1 Å². The third-order valence-electron chi connectivity index (χ3n) is 3.38. The molecular weight excluding hydrogens is 399 g/mol. The van der Waals surface area contributed by atoms with Gasteiger partial charge >= 0.3 is 11.7 Å². The number of nitro benzene ring substituents is 1. The van der Waals surface area contributed by atoms with Crippen LogP contribution in [0.5, 0.6) is 5.75 Å². The van der Waals surface area contributed by atoms with Crippen molar-refractivity contribution in [3.05, 3.63) is 62.1 Å². The Kier molecular flexibility index (Phi) is 6.59. The van der Waals surface area contributed by atoms with Crippen molar-refractivity contribution < 1.29 is 24.0 Å². The first-order valence-electron chi connectivity index (χ1n) is 7.51. The van der Waals surface area contributed by atoms with Gasteiger partial charge in [-0.3, -0.25) is 14.9 Å². The van der Waals surface area contributed by atoms with Crippen LogP contribution in [0.3, 0.4) is 0 Å². The molecule has 2 aromatic rings. The molecule has 0 radical (unpaired) electrons. The molecule has 0 unspecified atom stereocenters. The maximum atomic E-state index is 12.3. The summed E-state index contributed by atoms with van der Waals surface area (Å²) < 4.78 is 9.93. The van der Waals surface area contributed by atoms with E-state index in [0.717, 1.165) is 13.2 Å². The maximum absolute atomic E-state index is 12.3. The van der Waals surface area contributed by atoms with E-state index in [0.29, 0.717) is 15.7 Å². The molecule has 0 saturated heterocycles. The fraction of sp³-hybridized carbons (Fsp3) is 0.176. The average molecular weight is 413 g/mol. The number of benzene rings is 2. The first kappa shape index (κ1) is 20.5. The lowest BCUT2D eigenvalue weighted by atomic mass is 10.2. The molecule has 8 nitrogen and oxygen atoms in total. The lowest BCUT2D eigenvalue weighted by molar-refractivity contribution is -0.386. The third-order valence-corrected chi connectivity index (χ3v) is 3.82. The number of ether oxygens (including phenoxy) is 2. The van der Waals surface area contributed by atoms with E-state index in [4.69, 9.17) is 27.9 Å². The van der Waals surface area contributed by atoms with Crippen molar-refractivity contribution in [3.8, 4) is 5.75 Å². The summed E-state index contributed by atoms with van der Waals surface area (Å²) in [5.74, 6) is -1.47. The van der Waals surface area contributed by atoms with Gasteiger partial charge in [0, 0.05) is 21.8 Å². The Morgan fingerprint density at radius 1 is 1.15 bits per heavy atom. The number of carbonyl (C=O) groups excluding carboxylic acids is 2. The summed E-state index contributed by atoms with van der Waals surface area (Å²) in [4.78, 5) is 34.3. The molecule has 0 bridgehead atoms. The Labute approximate surface area is 164 Å². The van der Waals surface area contributed by atoms with Crippen molar-refractivity contribution in [2.24, 2.45) is 0 Å². The van der Waals surface area contributed by atoms with Crippen LogP contribution in [0.1, 0.15) is 17.3 Å². The zero-order chi connectivity index (χ0) is 20.1. The largest absolute Gasteiger partial charge is 0.474 e. The summed E-state index contributed by atoms with van der Waals surface area (Å²) in [7, 11) is 1.16. The number of methoxy groups -OCH3 is 1. The second-order valence-corrected chi connectivity index (χ2v) is 6.21. The van der Waals surface area contributed by atoms with Crippen molar-refractivity contribution in [2.75, 3.05) is 12.4 Å². The number of esters is 1. The number of nitrogens with one attached hydrogen (secondary N) is 1. The molecule has 1 N–H and O–H groups in total. The van der Waals surface area contributed by atoms with E-state index in [9.17, 15) is 19.7 Å². The molecule has 0 aliphatic carbocycles. The second-order valence-electron chi connectivity index (χ2n) is 5.34. The number of rotatable bonds is 6. The van der Waals surface area contributed by atoms with E-state index < -0.39 is 28.6 Å². The molecule has 1 atom stereocenters. The summed E-state index contributed by atoms with van der Waals surface area (Å²) >= 11 is 11.7. The van der Waals surface area contributed by atoms with E-state index in [-0.39, 0.29) is 11.3 Å². The number of nitrogens with zero attached hydrogens (tertiary/aromatic N) is 1. The predicted molar refractivity (Wildman–Crippen MR) is 99.6 cm³/mol. The molecule has 0 aliphatic rings. The highest BCUT2D eigenvalue weighted by atomic mass is 35.5. The molecule has 27 heavy (non-hydrogen) atoms. The van der Waals surface area contributed by atoms with Gasteiger partial charge in [-0.1, -0.05) is 23.2 Å². The highest BCUT2D eigenvalue weighted by molar-refractivity contribution is 6.35. The third kappa shape index (κ3) is 5.32. The smallest absolute Gasteiger partial charge is 0.338 e. The minimum absolute atomic E-state index is 0.0118. The van der Waals surface area contributed by atoms with Gasteiger partial charge in [0.05, 0.1) is 17.6 Å². The first-order chi connectivity index (χ1) is 12.7. The SMILES string of the molecule is COC(=O)c1ccc(O[C@@H](C)C(=O)Nc2cc(Cl)cc(Cl)c2)c([N+](=O)[O-])c1. The Hall–Kier alpha value is -2.84. The van der Waals surface area contributed by atoms with Crippen molar-refractivity contribution in [2.45, 2.75) is 13.0 Å². The lowest BCUT2D eigenvalue weighted by Crippen LogP contribution is -2.30. The molecule has 1 amide bonds. The Morgan fingerprint density at radius 2 is 1.78 bits per heavy atom. The summed E-state index contributed by atoms with van der Waals surface area (Å²) in [5.41, 5.74) is -0.130. The standard InChI is InChI=1S/C17H14Cl2N2O6/c1-9(16(22)20-13-7-11(18)6-12(19)8-13)27-15-4-3-10(17(23)26-2)5-14(15)21(24)25/h3-9H,1-2H3,(H,20,22)/t9-/m0/s1. The summed E-state index contributed by atoms with van der Waals surface area (Å²) in [6.45, 7) is 1.42. The molecule has 10 heteroatoms. The molecule has 0 aliphatic heterocycles. The minimum atomic E-state index is -1.08. The number of anilines is 1. The van der Waals surface area contributed by atoms with Crippen molar-refractivity contribution in [1.29, 1.82) is 0 Å². The first-order valence-corrected chi connectivity index (χ1v) is 8.27. The van der Waals surface area contributed by atoms with Crippen molar-refractivity contribution in [1.82, 2.24) is 0 Å². The monoisotopic (exact) mass is 412 g/mol. The lowest BCUT2D eigenvalue weighted by Gasteiger charge is -2.15. The van der Waals surface area contributed by atoms with Gasteiger partial charge in [-0.25, -0.2) is 4.79 Å². The molecule has 0 fully saturated rings. The fourth-order valence-corrected chi connectivity index (χ4v) is 2.64. The zero-order valence-electron chi connectivity index (χ0n) is 14.2. The topological polar surface area (TPSA) is 108 Å². The van der Waals surface area contributed by atoms with Crippen molar-refractivity contribution >= 4 is 46.5 Å². The number of amides is 1. The van der Waals surface area contributed by atoms with Crippen LogP contribution in [0.15, 0.2) is 36.4 Å². The molecule has 0 saturated carbocycles. The minimum Gasteiger partial charge on any atom is -0.474 e. The highest BCUT2D eigenvalue weighted by Gasteiger charge is 2.23. The number of carbonyl (C=O) groups is 2. The second kappa shape index (κ2) is 8.70. The fourth-order valence-electron chi connectivity index (χ4n) is 2.12. The number of hydrogen-bond acceptors (Lipinski definition) is 6. The quantitative estimate of drug-likeness (QED) is 0.434. The van der Waals surface area contributed by atoms with Crippen LogP contribution in [0, 0.1) is 10.1 Å². The number of hydrogen-bond donors (Lipinski definition) is 1. The normalized spacial score (nSPS) is 11.4. The van der Waals surface area contributed by atoms with Crippen LogP contribution in [-0.4, -0.2) is 30.0 Å². The van der Waals surface area contributed by atoms with E-state index in [1.54, 1.807) is 0 Å². The summed E-state index contributed by atoms with van der Waals surface area (Å²) in [6, 6.07) is 8.03. The van der Waals surface area contributed by atoms with Gasteiger partial charge in [-0.15, -0.1) is 0 Å². The molecule has 0 spiro atoms. The van der Waals surface area contributed by atoms with Gasteiger partial charge in [-0.2, -0.15) is 0 Å². The molecular formula is C17H14Cl2N2O6. The Morgan fingerprint density at radius 3 is 2.33 bits per heavy atom. The molecule has 0 aromatic heterocycles. The van der Waals surface area contributed by atoms with Crippen LogP contribution in [-0.2, 0) is 9.53 Å². The molecule has 2 aromatic carbocycles. The number of nitro groups is 1.